The molecule has 1 amide bonds. The summed E-state index contributed by atoms with van der Waals surface area (Å²) < 4.78 is 13.0. The fraction of sp³-hybridized carbons (Fsp3) is 0.286. The van der Waals surface area contributed by atoms with Gasteiger partial charge < -0.3 is 11.1 Å². The average Bonchev–Trinajstić information content (AvgIpc) is 2.87. The molecule has 0 saturated heterocycles. The zero-order chi connectivity index (χ0) is 15.4. The molecule has 3 N–H and O–H groups in total. The van der Waals surface area contributed by atoms with Gasteiger partial charge in [-0.15, -0.1) is 11.3 Å². The third-order valence-electron chi connectivity index (χ3n) is 2.92. The molecule has 2 rings (SSSR count). The topological polar surface area (TPSA) is 68.0 Å². The van der Waals surface area contributed by atoms with Gasteiger partial charge in [-0.3, -0.25) is 4.79 Å². The van der Waals surface area contributed by atoms with Crippen LogP contribution >= 0.6 is 22.9 Å². The maximum atomic E-state index is 13.0. The van der Waals surface area contributed by atoms with E-state index in [1.165, 1.54) is 23.5 Å². The van der Waals surface area contributed by atoms with Gasteiger partial charge in [-0.1, -0.05) is 17.7 Å². The zero-order valence-electron chi connectivity index (χ0n) is 11.4. The van der Waals surface area contributed by atoms with Gasteiger partial charge in [0.2, 0.25) is 0 Å². The predicted molar refractivity (Wildman–Crippen MR) is 82.2 cm³/mol. The molecule has 0 aliphatic carbocycles. The Bertz CT molecular complexity index is 647. The highest BCUT2D eigenvalue weighted by Crippen LogP contribution is 2.24. The van der Waals surface area contributed by atoms with Gasteiger partial charge in [-0.05, 0) is 31.2 Å². The summed E-state index contributed by atoms with van der Waals surface area (Å²) in [7, 11) is 0. The van der Waals surface area contributed by atoms with Crippen molar-refractivity contribution in [3.05, 3.63) is 50.7 Å². The monoisotopic (exact) mass is 327 g/mol. The van der Waals surface area contributed by atoms with E-state index in [2.05, 4.69) is 10.3 Å². The lowest BCUT2D eigenvalue weighted by Crippen LogP contribution is -2.27. The largest absolute Gasteiger partial charge is 0.344 e. The minimum Gasteiger partial charge on any atom is -0.344 e. The van der Waals surface area contributed by atoms with Crippen LogP contribution in [0, 0.1) is 5.82 Å². The van der Waals surface area contributed by atoms with Crippen LogP contribution in [0.5, 0.6) is 0 Å². The molecule has 0 aliphatic rings. The van der Waals surface area contributed by atoms with Gasteiger partial charge in [0, 0.05) is 16.8 Å². The number of hydrogen-bond donors (Lipinski definition) is 2. The van der Waals surface area contributed by atoms with Crippen LogP contribution in [0.15, 0.2) is 23.6 Å². The van der Waals surface area contributed by atoms with Crippen LogP contribution in [0.3, 0.4) is 0 Å². The van der Waals surface area contributed by atoms with E-state index in [-0.39, 0.29) is 17.0 Å². The molecule has 0 radical (unpaired) electrons. The number of nitrogens with one attached hydrogen (secondary N) is 1. The molecule has 1 heterocycles. The standard InChI is InChI=1S/C14H15ClFN3OS/c1-8(10-3-2-9(16)6-11(10)15)18-14(20)12-7-21-13(19-12)4-5-17/h2-3,6-8H,4-5,17H2,1H3,(H,18,20). The second kappa shape index (κ2) is 6.98. The van der Waals surface area contributed by atoms with Crippen molar-refractivity contribution in [2.75, 3.05) is 6.54 Å². The lowest BCUT2D eigenvalue weighted by molar-refractivity contribution is 0.0935. The first-order valence-electron chi connectivity index (χ1n) is 6.41. The molecular formula is C14H15ClFN3OS. The minimum absolute atomic E-state index is 0.282. The average molecular weight is 328 g/mol. The molecule has 0 aliphatic heterocycles. The first-order chi connectivity index (χ1) is 10.0. The van der Waals surface area contributed by atoms with Crippen molar-refractivity contribution in [1.82, 2.24) is 10.3 Å². The normalized spacial score (nSPS) is 12.2. The first-order valence-corrected chi connectivity index (χ1v) is 7.67. The van der Waals surface area contributed by atoms with Gasteiger partial charge in [0.05, 0.1) is 11.0 Å². The van der Waals surface area contributed by atoms with E-state index in [4.69, 9.17) is 17.3 Å². The Morgan fingerprint density at radius 2 is 2.33 bits per heavy atom. The highest BCUT2D eigenvalue weighted by atomic mass is 35.5. The summed E-state index contributed by atoms with van der Waals surface area (Å²) in [6.07, 6.45) is 0.650. The Hall–Kier alpha value is -1.50. The van der Waals surface area contributed by atoms with Gasteiger partial charge in [0.15, 0.2) is 0 Å². The maximum absolute atomic E-state index is 13.0. The smallest absolute Gasteiger partial charge is 0.271 e. The number of hydrogen-bond acceptors (Lipinski definition) is 4. The van der Waals surface area contributed by atoms with Crippen LogP contribution in [-0.4, -0.2) is 17.4 Å². The minimum atomic E-state index is -0.409. The number of halogens is 2. The number of thiazole rings is 1. The van der Waals surface area contributed by atoms with Crippen molar-refractivity contribution in [1.29, 1.82) is 0 Å². The third kappa shape index (κ3) is 4.00. The lowest BCUT2D eigenvalue weighted by Gasteiger charge is -2.15. The summed E-state index contributed by atoms with van der Waals surface area (Å²) in [4.78, 5) is 16.3. The summed E-state index contributed by atoms with van der Waals surface area (Å²) in [5.74, 6) is -0.699. The van der Waals surface area contributed by atoms with Gasteiger partial charge in [-0.25, -0.2) is 9.37 Å². The Labute approximate surface area is 131 Å². The number of amides is 1. The molecule has 1 atom stereocenters. The van der Waals surface area contributed by atoms with Crippen LogP contribution in [-0.2, 0) is 6.42 Å². The molecule has 21 heavy (non-hydrogen) atoms. The van der Waals surface area contributed by atoms with Crippen molar-refractivity contribution in [3.8, 4) is 0 Å². The van der Waals surface area contributed by atoms with Crippen LogP contribution in [0.2, 0.25) is 5.02 Å². The summed E-state index contributed by atoms with van der Waals surface area (Å²) >= 11 is 7.38. The molecule has 0 bridgehead atoms. The fourth-order valence-electron chi connectivity index (χ4n) is 1.85. The Balaban J connectivity index is 2.07. The Morgan fingerprint density at radius 3 is 3.00 bits per heavy atom. The van der Waals surface area contributed by atoms with Gasteiger partial charge in [0.25, 0.3) is 5.91 Å². The molecule has 1 aromatic heterocycles. The lowest BCUT2D eigenvalue weighted by atomic mass is 10.1. The van der Waals surface area contributed by atoms with Gasteiger partial charge in [0.1, 0.15) is 11.5 Å². The van der Waals surface area contributed by atoms with E-state index in [0.29, 0.717) is 24.2 Å². The van der Waals surface area contributed by atoms with Crippen LogP contribution < -0.4 is 11.1 Å². The van der Waals surface area contributed by atoms with E-state index >= 15 is 0 Å². The Kier molecular flexibility index (Phi) is 5.27. The van der Waals surface area contributed by atoms with Crippen molar-refractivity contribution in [3.63, 3.8) is 0 Å². The van der Waals surface area contributed by atoms with Gasteiger partial charge in [-0.2, -0.15) is 0 Å². The molecule has 7 heteroatoms. The second-order valence-corrected chi connectivity index (χ2v) is 5.88. The molecule has 0 saturated carbocycles. The van der Waals surface area contributed by atoms with Crippen LogP contribution in [0.4, 0.5) is 4.39 Å². The first kappa shape index (κ1) is 15.9. The maximum Gasteiger partial charge on any atom is 0.271 e. The second-order valence-electron chi connectivity index (χ2n) is 4.53. The zero-order valence-corrected chi connectivity index (χ0v) is 13.0. The summed E-state index contributed by atoms with van der Waals surface area (Å²) in [6.45, 7) is 2.28. The molecule has 1 unspecified atom stereocenters. The number of aromatic nitrogens is 1. The molecular weight excluding hydrogens is 313 g/mol. The number of carbonyl (C=O) groups is 1. The Morgan fingerprint density at radius 1 is 1.57 bits per heavy atom. The number of carbonyl (C=O) groups excluding carboxylic acids is 1. The summed E-state index contributed by atoms with van der Waals surface area (Å²) in [5, 5.41) is 5.60. The summed E-state index contributed by atoms with van der Waals surface area (Å²) in [6, 6.07) is 3.75. The summed E-state index contributed by atoms with van der Waals surface area (Å²) in [5.41, 5.74) is 6.46. The number of benzene rings is 1. The predicted octanol–water partition coefficient (Wildman–Crippen LogP) is 2.93. The molecule has 0 spiro atoms. The highest BCUT2D eigenvalue weighted by molar-refractivity contribution is 7.09. The number of nitrogens with zero attached hydrogens (tertiary/aromatic N) is 1. The van der Waals surface area contributed by atoms with E-state index in [1.807, 2.05) is 0 Å². The van der Waals surface area contributed by atoms with E-state index in [9.17, 15) is 9.18 Å². The van der Waals surface area contributed by atoms with Crippen molar-refractivity contribution in [2.45, 2.75) is 19.4 Å². The van der Waals surface area contributed by atoms with Gasteiger partial charge >= 0.3 is 0 Å². The van der Waals surface area contributed by atoms with Crippen molar-refractivity contribution in [2.24, 2.45) is 5.73 Å². The molecule has 4 nitrogen and oxygen atoms in total. The highest BCUT2D eigenvalue weighted by Gasteiger charge is 2.16. The molecule has 112 valence electrons. The SMILES string of the molecule is CC(NC(=O)c1csc(CCN)n1)c1ccc(F)cc1Cl. The van der Waals surface area contributed by atoms with E-state index < -0.39 is 5.82 Å². The van der Waals surface area contributed by atoms with Crippen molar-refractivity contribution >= 4 is 28.8 Å². The third-order valence-corrected chi connectivity index (χ3v) is 4.16. The molecule has 2 aromatic rings. The van der Waals surface area contributed by atoms with E-state index in [0.717, 1.165) is 5.01 Å². The molecule has 1 aromatic carbocycles. The van der Waals surface area contributed by atoms with Crippen molar-refractivity contribution < 1.29 is 9.18 Å². The number of nitrogens with two attached hydrogens (primary N) is 1. The fourth-order valence-corrected chi connectivity index (χ4v) is 2.98. The molecule has 0 fully saturated rings. The quantitative estimate of drug-likeness (QED) is 0.887. The van der Waals surface area contributed by atoms with Crippen LogP contribution in [0.1, 0.15) is 34.0 Å². The van der Waals surface area contributed by atoms with E-state index in [1.54, 1.807) is 18.4 Å². The van der Waals surface area contributed by atoms with Crippen LogP contribution in [0.25, 0.3) is 0 Å². The number of rotatable bonds is 5.